The van der Waals surface area contributed by atoms with E-state index in [1.807, 2.05) is 65.8 Å². The van der Waals surface area contributed by atoms with E-state index in [0.717, 1.165) is 44.8 Å². The van der Waals surface area contributed by atoms with Gasteiger partial charge in [-0.05, 0) is 75.9 Å². The fourth-order valence-electron chi connectivity index (χ4n) is 5.36. The van der Waals surface area contributed by atoms with Crippen molar-refractivity contribution in [3.05, 3.63) is 98.7 Å². The lowest BCUT2D eigenvalue weighted by molar-refractivity contribution is -0.429. The molecule has 0 bridgehead atoms. The second-order valence-electron chi connectivity index (χ2n) is 9.68. The van der Waals surface area contributed by atoms with Crippen molar-refractivity contribution in [1.29, 1.82) is 0 Å². The summed E-state index contributed by atoms with van der Waals surface area (Å²) in [6.07, 6.45) is -4.87. The van der Waals surface area contributed by atoms with E-state index in [9.17, 15) is 13.2 Å². The molecule has 0 atom stereocenters. The number of aryl methyl sites for hydroxylation is 6. The minimum Gasteiger partial charge on any atom is -0.220 e. The first-order valence-corrected chi connectivity index (χ1v) is 13.0. The summed E-state index contributed by atoms with van der Waals surface area (Å²) in [7, 11) is 0. The van der Waals surface area contributed by atoms with E-state index in [-0.39, 0.29) is 5.84 Å². The summed E-state index contributed by atoms with van der Waals surface area (Å²) in [5, 5.41) is 0. The molecule has 1 heterocycles. The molecule has 7 heteroatoms. The summed E-state index contributed by atoms with van der Waals surface area (Å²) >= 11 is 0.412. The van der Waals surface area contributed by atoms with Crippen molar-refractivity contribution in [3.8, 4) is 0 Å². The molecule has 0 amide bonds. The Kier molecular flexibility index (Phi) is 7.56. The molecule has 3 aromatic rings. The number of thioether (sulfide) groups is 1. The normalized spacial score (nSPS) is 14.9. The summed E-state index contributed by atoms with van der Waals surface area (Å²) in [4.78, 5) is 0.789. The van der Waals surface area contributed by atoms with Gasteiger partial charge in [-0.3, -0.25) is 0 Å². The van der Waals surface area contributed by atoms with Crippen LogP contribution in [0.25, 0.3) is 0 Å². The fourth-order valence-corrected chi connectivity index (χ4v) is 6.19. The van der Waals surface area contributed by atoms with E-state index in [1.54, 1.807) is 39.8 Å². The maximum Gasteiger partial charge on any atom is 0.425 e. The van der Waals surface area contributed by atoms with Crippen molar-refractivity contribution < 1.29 is 22.1 Å². The van der Waals surface area contributed by atoms with Gasteiger partial charge in [0.1, 0.15) is 29.4 Å². The highest BCUT2D eigenvalue weighted by Gasteiger charge is 2.46. The lowest BCUT2D eigenvalue weighted by Crippen LogP contribution is -2.32. The van der Waals surface area contributed by atoms with Crippen LogP contribution < -0.4 is 4.90 Å². The largest absolute Gasteiger partial charge is 0.425 e. The third-order valence-electron chi connectivity index (χ3n) is 6.49. The quantitative estimate of drug-likeness (QED) is 0.186. The Balaban J connectivity index is 2.04. The molecule has 0 radical (unpaired) electrons. The molecule has 0 aliphatic carbocycles. The van der Waals surface area contributed by atoms with Crippen LogP contribution in [0.2, 0.25) is 0 Å². The summed E-state index contributed by atoms with van der Waals surface area (Å²) in [5.74, 6) is -1.33. The van der Waals surface area contributed by atoms with Crippen molar-refractivity contribution in [1.82, 2.24) is 0 Å². The lowest BCUT2D eigenvalue weighted by Gasteiger charge is -2.20. The van der Waals surface area contributed by atoms with Crippen LogP contribution in [-0.2, 0) is 0 Å². The van der Waals surface area contributed by atoms with Crippen molar-refractivity contribution >= 4 is 29.0 Å². The first-order valence-electron chi connectivity index (χ1n) is 12.2. The van der Waals surface area contributed by atoms with Gasteiger partial charge in [0.2, 0.25) is 5.83 Å². The molecule has 37 heavy (non-hydrogen) atoms. The summed E-state index contributed by atoms with van der Waals surface area (Å²) in [5.41, 5.74) is 7.16. The summed E-state index contributed by atoms with van der Waals surface area (Å²) in [6, 6.07) is 16.1. The zero-order valence-electron chi connectivity index (χ0n) is 21.9. The van der Waals surface area contributed by atoms with E-state index in [2.05, 4.69) is 0 Å². The Labute approximate surface area is 220 Å². The number of nitrogens with zero attached hydrogens (tertiary/aromatic N) is 2. The number of amidine groups is 1. The number of anilines is 1. The molecule has 3 aromatic carbocycles. The zero-order chi connectivity index (χ0) is 27.1. The van der Waals surface area contributed by atoms with Crippen LogP contribution >= 0.6 is 11.8 Å². The average Bonchev–Trinajstić information content (AvgIpc) is 3.19. The van der Waals surface area contributed by atoms with Gasteiger partial charge in [-0.1, -0.05) is 65.4 Å². The number of hydrogen-bond acceptors (Lipinski definition) is 2. The molecular weight excluding hydrogens is 496 g/mol. The fraction of sp³-hybridized carbons (Fsp3) is 0.300. The second kappa shape index (κ2) is 10.4. The molecular formula is C30H31F4N2S+. The number of benzene rings is 3. The highest BCUT2D eigenvalue weighted by molar-refractivity contribution is 8.03. The van der Waals surface area contributed by atoms with Gasteiger partial charge in [-0.15, -0.1) is 0 Å². The number of alkyl halides is 3. The Morgan fingerprint density at radius 2 is 1.32 bits per heavy atom. The topological polar surface area (TPSA) is 6.25 Å². The van der Waals surface area contributed by atoms with Crippen LogP contribution in [0.1, 0.15) is 33.4 Å². The van der Waals surface area contributed by atoms with Crippen molar-refractivity contribution in [2.45, 2.75) is 52.6 Å². The maximum absolute atomic E-state index is 16.5. The Morgan fingerprint density at radius 3 is 1.84 bits per heavy atom. The average molecular weight is 528 g/mol. The van der Waals surface area contributed by atoms with E-state index >= 15 is 4.39 Å². The smallest absolute Gasteiger partial charge is 0.220 e. The van der Waals surface area contributed by atoms with E-state index in [0.29, 0.717) is 29.7 Å². The van der Waals surface area contributed by atoms with Gasteiger partial charge in [-0.2, -0.15) is 17.6 Å². The molecule has 194 valence electrons. The van der Waals surface area contributed by atoms with Gasteiger partial charge in [0.05, 0.1) is 0 Å². The van der Waals surface area contributed by atoms with Gasteiger partial charge in [0.25, 0.3) is 0 Å². The molecule has 0 spiro atoms. The predicted octanol–water partition coefficient (Wildman–Crippen LogP) is 8.64. The van der Waals surface area contributed by atoms with Crippen molar-refractivity contribution in [2.75, 3.05) is 18.0 Å². The molecule has 0 saturated carbocycles. The highest BCUT2D eigenvalue weighted by atomic mass is 32.2. The van der Waals surface area contributed by atoms with Crippen molar-refractivity contribution in [2.24, 2.45) is 0 Å². The summed E-state index contributed by atoms with van der Waals surface area (Å²) in [6.45, 7) is 12.4. The Morgan fingerprint density at radius 1 is 0.811 bits per heavy atom. The monoisotopic (exact) mass is 527 g/mol. The van der Waals surface area contributed by atoms with Crippen LogP contribution in [0, 0.1) is 41.5 Å². The first kappa shape index (κ1) is 27.0. The highest BCUT2D eigenvalue weighted by Crippen LogP contribution is 2.43. The molecule has 1 aliphatic heterocycles. The molecule has 0 aromatic heterocycles. The minimum absolute atomic E-state index is 0.0686. The third kappa shape index (κ3) is 5.47. The minimum atomic E-state index is -4.87. The molecule has 2 nitrogen and oxygen atoms in total. The zero-order valence-corrected chi connectivity index (χ0v) is 22.7. The maximum atomic E-state index is 16.5. The Bertz CT molecular complexity index is 1360. The van der Waals surface area contributed by atoms with Gasteiger partial charge in [0.15, 0.2) is 0 Å². The van der Waals surface area contributed by atoms with E-state index in [1.165, 1.54) is 0 Å². The molecule has 1 aliphatic rings. The summed E-state index contributed by atoms with van der Waals surface area (Å²) < 4.78 is 61.5. The van der Waals surface area contributed by atoms with Crippen molar-refractivity contribution in [3.63, 3.8) is 0 Å². The lowest BCUT2D eigenvalue weighted by atomic mass is 10.0. The molecule has 4 rings (SSSR count). The van der Waals surface area contributed by atoms with E-state index < -0.39 is 16.9 Å². The SMILES string of the molecule is Cc1cc(C)c(N2CC[N+](c3c(C)cc(C)cc3C)=C2/C(F)=C(\Sc2ccccc2)C(F)(F)F)c(C)c1. The molecule has 0 fully saturated rings. The third-order valence-corrected chi connectivity index (χ3v) is 7.61. The standard InChI is InChI=1S/C30H31F4N2S/c1-18-14-20(3)26(21(4)15-18)35-12-13-36(27-22(5)16-19(2)17-23(27)6)29(35)25(31)28(30(32,33)34)37-24-10-8-7-9-11-24/h7-11,14-17H,12-13H2,1-6H3/q+1/b28-25+. The number of rotatable bonds is 5. The first-order chi connectivity index (χ1) is 17.4. The van der Waals surface area contributed by atoms with Gasteiger partial charge in [-0.25, -0.2) is 9.48 Å². The van der Waals surface area contributed by atoms with Gasteiger partial charge < -0.3 is 0 Å². The van der Waals surface area contributed by atoms with Crippen LogP contribution in [0.4, 0.5) is 28.9 Å². The van der Waals surface area contributed by atoms with Crippen LogP contribution in [0.15, 0.2) is 70.2 Å². The number of allylic oxidation sites excluding steroid dienone is 1. The van der Waals surface area contributed by atoms with E-state index in [4.69, 9.17) is 0 Å². The van der Waals surface area contributed by atoms with Crippen LogP contribution in [0.3, 0.4) is 0 Å². The van der Waals surface area contributed by atoms with Gasteiger partial charge in [0, 0.05) is 4.90 Å². The molecule has 0 N–H and O–H groups in total. The van der Waals surface area contributed by atoms with Crippen LogP contribution in [-0.4, -0.2) is 29.7 Å². The van der Waals surface area contributed by atoms with Gasteiger partial charge >= 0.3 is 12.0 Å². The molecule has 0 saturated heterocycles. The second-order valence-corrected chi connectivity index (χ2v) is 10.8. The van der Waals surface area contributed by atoms with Crippen LogP contribution in [0.5, 0.6) is 0 Å². The Hall–Kier alpha value is -3.06. The predicted molar refractivity (Wildman–Crippen MR) is 145 cm³/mol. The molecule has 0 unspecified atom stereocenters. The number of hydrogen-bond donors (Lipinski definition) is 0. The number of halogens is 4.